The Hall–Kier alpha value is -2.51. The Morgan fingerprint density at radius 3 is 2.70 bits per heavy atom. The molecule has 0 spiro atoms. The van der Waals surface area contributed by atoms with Crippen LogP contribution in [0.15, 0.2) is 10.9 Å². The lowest BCUT2D eigenvalue weighted by Gasteiger charge is -2.02. The van der Waals surface area contributed by atoms with Gasteiger partial charge in [0.15, 0.2) is 5.69 Å². The molecule has 8 nitrogen and oxygen atoms in total. The van der Waals surface area contributed by atoms with Crippen LogP contribution in [0.3, 0.4) is 0 Å². The van der Waals surface area contributed by atoms with Crippen LogP contribution in [0.4, 0.5) is 0 Å². The van der Waals surface area contributed by atoms with Crippen LogP contribution < -0.4 is 5.56 Å². The number of hydrogen-bond acceptors (Lipinski definition) is 5. The number of rotatable bonds is 4. The van der Waals surface area contributed by atoms with E-state index in [0.29, 0.717) is 18.0 Å². The second-order valence-electron chi connectivity index (χ2n) is 4.90. The fourth-order valence-electron chi connectivity index (χ4n) is 1.74. The number of aryl methyl sites for hydroxylation is 1. The molecule has 0 saturated heterocycles. The zero-order valence-corrected chi connectivity index (χ0v) is 11.4. The minimum absolute atomic E-state index is 0.00648. The number of carboxylic acids is 1. The van der Waals surface area contributed by atoms with Crippen LogP contribution in [0.25, 0.3) is 5.95 Å². The summed E-state index contributed by atoms with van der Waals surface area (Å²) in [7, 11) is 0. The van der Waals surface area contributed by atoms with Crippen molar-refractivity contribution in [3.63, 3.8) is 0 Å². The maximum absolute atomic E-state index is 11.5. The largest absolute Gasteiger partial charge is 0.477 e. The zero-order valence-electron chi connectivity index (χ0n) is 11.4. The summed E-state index contributed by atoms with van der Waals surface area (Å²) >= 11 is 0. The van der Waals surface area contributed by atoms with E-state index in [1.165, 1.54) is 13.0 Å². The maximum atomic E-state index is 11.5. The number of aromatic amines is 1. The fourth-order valence-corrected chi connectivity index (χ4v) is 1.74. The number of aromatic carboxylic acids is 1. The fraction of sp³-hybridized carbons (Fsp3) is 0.417. The van der Waals surface area contributed by atoms with Gasteiger partial charge in [0, 0.05) is 0 Å². The Morgan fingerprint density at radius 2 is 2.15 bits per heavy atom. The van der Waals surface area contributed by atoms with Gasteiger partial charge in [0.2, 0.25) is 0 Å². The van der Waals surface area contributed by atoms with Gasteiger partial charge in [-0.05, 0) is 25.3 Å². The first-order chi connectivity index (χ1) is 9.38. The standard InChI is InChI=1S/C12H15N5O3/c1-6(2)4-8-5-9(11(19)20)17(16-8)12-13-10(18)7(3)14-15-12/h5-6H,4H2,1-3H3,(H,19,20)(H,13,15,18). The summed E-state index contributed by atoms with van der Waals surface area (Å²) in [5.74, 6) is -0.813. The molecule has 0 saturated carbocycles. The van der Waals surface area contributed by atoms with E-state index < -0.39 is 11.5 Å². The molecular formula is C12H15N5O3. The van der Waals surface area contributed by atoms with Crippen LogP contribution in [0.5, 0.6) is 0 Å². The van der Waals surface area contributed by atoms with Crippen molar-refractivity contribution in [2.24, 2.45) is 5.92 Å². The summed E-state index contributed by atoms with van der Waals surface area (Å²) in [4.78, 5) is 25.2. The third kappa shape index (κ3) is 2.73. The van der Waals surface area contributed by atoms with E-state index in [1.807, 2.05) is 13.8 Å². The normalized spacial score (nSPS) is 11.0. The maximum Gasteiger partial charge on any atom is 0.354 e. The Labute approximate surface area is 114 Å². The van der Waals surface area contributed by atoms with Gasteiger partial charge in [-0.25, -0.2) is 4.79 Å². The molecule has 20 heavy (non-hydrogen) atoms. The molecule has 106 valence electrons. The summed E-state index contributed by atoms with van der Waals surface area (Å²) in [5, 5.41) is 20.8. The highest BCUT2D eigenvalue weighted by molar-refractivity contribution is 5.86. The topological polar surface area (TPSA) is 114 Å². The minimum Gasteiger partial charge on any atom is -0.477 e. The second-order valence-corrected chi connectivity index (χ2v) is 4.90. The van der Waals surface area contributed by atoms with E-state index in [9.17, 15) is 14.7 Å². The average molecular weight is 277 g/mol. The van der Waals surface area contributed by atoms with E-state index >= 15 is 0 Å². The highest BCUT2D eigenvalue weighted by atomic mass is 16.4. The van der Waals surface area contributed by atoms with Crippen molar-refractivity contribution >= 4 is 5.97 Å². The van der Waals surface area contributed by atoms with E-state index in [1.54, 1.807) is 0 Å². The first kappa shape index (κ1) is 13.9. The number of carboxylic acid groups (broad SMARTS) is 1. The lowest BCUT2D eigenvalue weighted by atomic mass is 10.1. The van der Waals surface area contributed by atoms with Gasteiger partial charge in [0.1, 0.15) is 5.69 Å². The lowest BCUT2D eigenvalue weighted by Crippen LogP contribution is -2.20. The predicted octanol–water partition coefficient (Wildman–Crippen LogP) is 0.556. The van der Waals surface area contributed by atoms with Crippen molar-refractivity contribution in [3.8, 4) is 5.95 Å². The summed E-state index contributed by atoms with van der Waals surface area (Å²) in [6, 6.07) is 1.47. The van der Waals surface area contributed by atoms with Gasteiger partial charge < -0.3 is 5.11 Å². The van der Waals surface area contributed by atoms with Crippen molar-refractivity contribution in [1.82, 2.24) is 25.0 Å². The minimum atomic E-state index is -1.14. The van der Waals surface area contributed by atoms with Crippen molar-refractivity contribution in [1.29, 1.82) is 0 Å². The van der Waals surface area contributed by atoms with Crippen LogP contribution in [0.2, 0.25) is 0 Å². The Balaban J connectivity index is 2.53. The summed E-state index contributed by atoms with van der Waals surface area (Å²) in [5.41, 5.74) is 0.350. The number of nitrogens with one attached hydrogen (secondary N) is 1. The third-order valence-electron chi connectivity index (χ3n) is 2.65. The van der Waals surface area contributed by atoms with Crippen LogP contribution in [-0.2, 0) is 6.42 Å². The number of carbonyl (C=O) groups is 1. The lowest BCUT2D eigenvalue weighted by molar-refractivity contribution is 0.0686. The predicted molar refractivity (Wildman–Crippen MR) is 70.0 cm³/mol. The molecule has 0 aromatic carbocycles. The molecule has 0 bridgehead atoms. The second kappa shape index (κ2) is 5.24. The Kier molecular flexibility index (Phi) is 3.64. The molecule has 0 unspecified atom stereocenters. The molecule has 0 amide bonds. The molecule has 8 heteroatoms. The molecule has 2 aromatic rings. The highest BCUT2D eigenvalue weighted by Crippen LogP contribution is 2.12. The summed E-state index contributed by atoms with van der Waals surface area (Å²) in [6.45, 7) is 5.53. The van der Waals surface area contributed by atoms with Crippen LogP contribution in [-0.4, -0.2) is 36.0 Å². The Bertz CT molecular complexity index is 701. The molecule has 0 atom stereocenters. The molecule has 2 N–H and O–H groups in total. The molecule has 0 aliphatic heterocycles. The first-order valence-electron chi connectivity index (χ1n) is 6.14. The molecule has 0 aliphatic carbocycles. The molecule has 2 heterocycles. The van der Waals surface area contributed by atoms with E-state index in [0.717, 1.165) is 4.68 Å². The van der Waals surface area contributed by atoms with Crippen molar-refractivity contribution in [3.05, 3.63) is 33.5 Å². The molecule has 2 rings (SSSR count). The average Bonchev–Trinajstić information content (AvgIpc) is 2.76. The van der Waals surface area contributed by atoms with Crippen molar-refractivity contribution < 1.29 is 9.90 Å². The van der Waals surface area contributed by atoms with E-state index in [-0.39, 0.29) is 17.3 Å². The molecule has 0 radical (unpaired) electrons. The molecule has 2 aromatic heterocycles. The van der Waals surface area contributed by atoms with Gasteiger partial charge in [-0.15, -0.1) is 10.2 Å². The number of aromatic nitrogens is 5. The van der Waals surface area contributed by atoms with Gasteiger partial charge >= 0.3 is 5.97 Å². The van der Waals surface area contributed by atoms with Crippen LogP contribution in [0, 0.1) is 12.8 Å². The monoisotopic (exact) mass is 277 g/mol. The van der Waals surface area contributed by atoms with Crippen LogP contribution >= 0.6 is 0 Å². The van der Waals surface area contributed by atoms with Gasteiger partial charge in [0.25, 0.3) is 11.5 Å². The third-order valence-corrected chi connectivity index (χ3v) is 2.65. The number of hydrogen-bond donors (Lipinski definition) is 2. The summed E-state index contributed by atoms with van der Waals surface area (Å²) < 4.78 is 1.09. The van der Waals surface area contributed by atoms with Gasteiger partial charge in [-0.3, -0.25) is 9.78 Å². The van der Waals surface area contributed by atoms with Gasteiger partial charge in [-0.1, -0.05) is 13.8 Å². The van der Waals surface area contributed by atoms with E-state index in [2.05, 4.69) is 20.3 Å². The highest BCUT2D eigenvalue weighted by Gasteiger charge is 2.18. The van der Waals surface area contributed by atoms with Crippen LogP contribution in [0.1, 0.15) is 35.7 Å². The van der Waals surface area contributed by atoms with Gasteiger partial charge in [-0.2, -0.15) is 9.78 Å². The molecular weight excluding hydrogens is 262 g/mol. The molecule has 0 aliphatic rings. The van der Waals surface area contributed by atoms with Crippen molar-refractivity contribution in [2.45, 2.75) is 27.2 Å². The van der Waals surface area contributed by atoms with E-state index in [4.69, 9.17) is 0 Å². The summed E-state index contributed by atoms with van der Waals surface area (Å²) in [6.07, 6.45) is 0.636. The molecule has 0 fully saturated rings. The van der Waals surface area contributed by atoms with Gasteiger partial charge in [0.05, 0.1) is 5.69 Å². The van der Waals surface area contributed by atoms with Crippen molar-refractivity contribution in [2.75, 3.05) is 0 Å². The quantitative estimate of drug-likeness (QED) is 0.843. The number of H-pyrrole nitrogens is 1. The number of nitrogens with zero attached hydrogens (tertiary/aromatic N) is 4. The Morgan fingerprint density at radius 1 is 1.45 bits per heavy atom. The zero-order chi connectivity index (χ0) is 14.9. The SMILES string of the molecule is Cc1nnc(-n2nc(CC(C)C)cc2C(=O)O)[nH]c1=O. The smallest absolute Gasteiger partial charge is 0.354 e. The first-order valence-corrected chi connectivity index (χ1v) is 6.14.